The third-order valence-electron chi connectivity index (χ3n) is 0. The fourth-order valence-electron chi connectivity index (χ4n) is 0. The molecule has 0 aromatic carbocycles. The number of hydrogen-bond acceptors (Lipinski definition) is 0. The largest absolute Gasteiger partial charge is 1.00 e. The second-order valence-corrected chi connectivity index (χ2v) is 0. The standard InChI is InChI=1S/4ClH.2Re/h4*1H;;/p-4. The van der Waals surface area contributed by atoms with Crippen LogP contribution in [0.2, 0.25) is 0 Å². The van der Waals surface area contributed by atoms with Gasteiger partial charge in [-0.15, -0.1) is 0 Å². The van der Waals surface area contributed by atoms with Crippen molar-refractivity contribution in [3.8, 4) is 0 Å². The minimum atomic E-state index is 0. The molecule has 0 aromatic rings. The van der Waals surface area contributed by atoms with E-state index in [1.807, 2.05) is 0 Å². The summed E-state index contributed by atoms with van der Waals surface area (Å²) in [6.07, 6.45) is 0. The van der Waals surface area contributed by atoms with E-state index in [0.717, 1.165) is 0 Å². The van der Waals surface area contributed by atoms with Gasteiger partial charge < -0.3 is 49.6 Å². The molecule has 2 radical (unpaired) electrons. The quantitative estimate of drug-likeness (QED) is 0.302. The molecule has 6 heteroatoms. The Morgan fingerprint density at radius 1 is 0.333 bits per heavy atom. The van der Waals surface area contributed by atoms with Crippen molar-refractivity contribution < 1.29 is 90.5 Å². The molecular formula is Cl4Re2-4. The molecule has 0 spiro atoms. The van der Waals surface area contributed by atoms with Crippen molar-refractivity contribution in [2.45, 2.75) is 0 Å². The van der Waals surface area contributed by atoms with E-state index in [-0.39, 0.29) is 90.5 Å². The molecule has 0 atom stereocenters. The van der Waals surface area contributed by atoms with Crippen molar-refractivity contribution in [3.63, 3.8) is 0 Å². The smallest absolute Gasteiger partial charge is 0 e. The molecule has 0 amide bonds. The van der Waals surface area contributed by atoms with Gasteiger partial charge in [-0.05, 0) is 0 Å². The predicted octanol–water partition coefficient (Wildman–Crippen LogP) is -12.0. The van der Waals surface area contributed by atoms with Gasteiger partial charge in [-0.2, -0.15) is 0 Å². The van der Waals surface area contributed by atoms with Crippen LogP contribution in [-0.2, 0) is 40.8 Å². The SMILES string of the molecule is [Cl-].[Cl-].[Cl-].[Cl-].[Re].[Re]. The van der Waals surface area contributed by atoms with E-state index in [1.165, 1.54) is 0 Å². The second-order valence-electron chi connectivity index (χ2n) is 0. The van der Waals surface area contributed by atoms with Gasteiger partial charge in [0.25, 0.3) is 0 Å². The van der Waals surface area contributed by atoms with Crippen LogP contribution >= 0.6 is 0 Å². The molecule has 0 fully saturated rings. The molecule has 0 nitrogen and oxygen atoms in total. The molecular weight excluding hydrogens is 514 g/mol. The van der Waals surface area contributed by atoms with Gasteiger partial charge in [0.2, 0.25) is 0 Å². The Balaban J connectivity index is 0. The van der Waals surface area contributed by atoms with Crippen molar-refractivity contribution in [1.29, 1.82) is 0 Å². The Morgan fingerprint density at radius 3 is 0.333 bits per heavy atom. The minimum absolute atomic E-state index is 0. The van der Waals surface area contributed by atoms with E-state index in [2.05, 4.69) is 0 Å². The molecule has 0 saturated heterocycles. The Kier molecular flexibility index (Phi) is 654. The Bertz CT molecular complexity index is 5.51. The molecule has 0 rings (SSSR count). The normalized spacial score (nSPS) is 0. The predicted molar refractivity (Wildman–Crippen MR) is 0 cm³/mol. The Labute approximate surface area is 89.5 Å². The van der Waals surface area contributed by atoms with Crippen LogP contribution in [0.3, 0.4) is 0 Å². The number of halogens is 4. The first-order chi connectivity index (χ1) is 0. The molecule has 6 heavy (non-hydrogen) atoms. The Morgan fingerprint density at radius 2 is 0.333 bits per heavy atom. The molecule has 0 aliphatic carbocycles. The van der Waals surface area contributed by atoms with E-state index in [1.54, 1.807) is 0 Å². The topological polar surface area (TPSA) is 0 Å². The summed E-state index contributed by atoms with van der Waals surface area (Å²) in [7, 11) is 0. The molecule has 0 bridgehead atoms. The van der Waals surface area contributed by atoms with Crippen LogP contribution in [-0.4, -0.2) is 0 Å². The van der Waals surface area contributed by atoms with E-state index in [9.17, 15) is 0 Å². The van der Waals surface area contributed by atoms with Crippen LogP contribution < -0.4 is 49.6 Å². The van der Waals surface area contributed by atoms with Gasteiger partial charge in [0.1, 0.15) is 0 Å². The summed E-state index contributed by atoms with van der Waals surface area (Å²) >= 11 is 0. The van der Waals surface area contributed by atoms with Crippen molar-refractivity contribution in [3.05, 3.63) is 0 Å². The van der Waals surface area contributed by atoms with Crippen LogP contribution in [0, 0.1) is 0 Å². The first kappa shape index (κ1) is 77.0. The minimum Gasteiger partial charge on any atom is -1.00 e. The third kappa shape index (κ3) is 31.6. The summed E-state index contributed by atoms with van der Waals surface area (Å²) in [5.74, 6) is 0. The molecule has 0 saturated carbocycles. The van der Waals surface area contributed by atoms with Crippen molar-refractivity contribution >= 4 is 0 Å². The fourth-order valence-corrected chi connectivity index (χ4v) is 0. The van der Waals surface area contributed by atoms with Crippen molar-refractivity contribution in [1.82, 2.24) is 0 Å². The first-order valence-electron chi connectivity index (χ1n) is 0. The van der Waals surface area contributed by atoms with Crippen molar-refractivity contribution in [2.75, 3.05) is 0 Å². The van der Waals surface area contributed by atoms with Gasteiger partial charge >= 0.3 is 0 Å². The van der Waals surface area contributed by atoms with Crippen LogP contribution in [0.1, 0.15) is 0 Å². The van der Waals surface area contributed by atoms with Crippen LogP contribution in [0.25, 0.3) is 0 Å². The summed E-state index contributed by atoms with van der Waals surface area (Å²) in [5, 5.41) is 0. The van der Waals surface area contributed by atoms with Gasteiger partial charge in [-0.3, -0.25) is 0 Å². The average molecular weight is 514 g/mol. The summed E-state index contributed by atoms with van der Waals surface area (Å²) in [6, 6.07) is 0. The van der Waals surface area contributed by atoms with E-state index < -0.39 is 0 Å². The number of rotatable bonds is 0. The molecule has 0 N–H and O–H groups in total. The zero-order valence-electron chi connectivity index (χ0n) is 2.27. The molecule has 0 heterocycles. The maximum atomic E-state index is 0. The third-order valence-corrected chi connectivity index (χ3v) is 0. The van der Waals surface area contributed by atoms with Gasteiger partial charge in [-0.25, -0.2) is 0 Å². The zero-order chi connectivity index (χ0) is 0. The summed E-state index contributed by atoms with van der Waals surface area (Å²) in [4.78, 5) is 0. The molecule has 0 unspecified atom stereocenters. The van der Waals surface area contributed by atoms with Crippen LogP contribution in [0.5, 0.6) is 0 Å². The average Bonchev–Trinajstić information content (AvgIpc) is 0. The molecule has 0 aromatic heterocycles. The second kappa shape index (κ2) is 51.0. The Hall–Kier alpha value is 2.48. The summed E-state index contributed by atoms with van der Waals surface area (Å²) in [5.41, 5.74) is 0. The van der Waals surface area contributed by atoms with Gasteiger partial charge in [-0.1, -0.05) is 0 Å². The maximum Gasteiger partial charge on any atom is 0 e. The monoisotopic (exact) mass is 514 g/mol. The summed E-state index contributed by atoms with van der Waals surface area (Å²) in [6.45, 7) is 0. The molecule has 0 aliphatic rings. The first-order valence-corrected chi connectivity index (χ1v) is 0. The molecule has 0 aliphatic heterocycles. The van der Waals surface area contributed by atoms with Gasteiger partial charge in [0.05, 0.1) is 0 Å². The number of hydrogen-bond donors (Lipinski definition) is 0. The fraction of sp³-hybridized carbons (Fsp3) is 0. The van der Waals surface area contributed by atoms with Gasteiger partial charge in [0, 0.05) is 40.8 Å². The summed E-state index contributed by atoms with van der Waals surface area (Å²) < 4.78 is 0. The molecule has 46 valence electrons. The van der Waals surface area contributed by atoms with Crippen molar-refractivity contribution in [2.24, 2.45) is 0 Å². The van der Waals surface area contributed by atoms with E-state index >= 15 is 0 Å². The van der Waals surface area contributed by atoms with Gasteiger partial charge in [0.15, 0.2) is 0 Å². The zero-order valence-corrected chi connectivity index (χ0v) is 10.7. The van der Waals surface area contributed by atoms with E-state index in [4.69, 9.17) is 0 Å². The van der Waals surface area contributed by atoms with Crippen LogP contribution in [0.4, 0.5) is 0 Å². The van der Waals surface area contributed by atoms with Crippen LogP contribution in [0.15, 0.2) is 0 Å². The van der Waals surface area contributed by atoms with E-state index in [0.29, 0.717) is 0 Å². The maximum absolute atomic E-state index is 0.